The van der Waals surface area contributed by atoms with Gasteiger partial charge in [-0.25, -0.2) is 18.2 Å². The van der Waals surface area contributed by atoms with Gasteiger partial charge in [-0.05, 0) is 102 Å². The molecule has 3 heterocycles. The lowest BCUT2D eigenvalue weighted by molar-refractivity contribution is -0.140. The van der Waals surface area contributed by atoms with E-state index in [2.05, 4.69) is 22.3 Å². The van der Waals surface area contributed by atoms with Gasteiger partial charge in [0.25, 0.3) is 5.91 Å². The summed E-state index contributed by atoms with van der Waals surface area (Å²) >= 11 is 6.37. The second-order valence-electron chi connectivity index (χ2n) is 16.4. The maximum Gasteiger partial charge on any atom is 0.407 e. The van der Waals surface area contributed by atoms with Crippen LogP contribution in [-0.2, 0) is 35.6 Å². The molecule has 2 aromatic rings. The van der Waals surface area contributed by atoms with Crippen molar-refractivity contribution in [2.45, 2.75) is 140 Å². The van der Waals surface area contributed by atoms with Gasteiger partial charge in [-0.1, -0.05) is 56.9 Å². The number of rotatable bonds is 16. The minimum atomic E-state index is -4.02. The topological polar surface area (TPSA) is 173 Å². The molecule has 306 valence electrons. The van der Waals surface area contributed by atoms with Crippen molar-refractivity contribution in [3.05, 3.63) is 46.6 Å². The van der Waals surface area contributed by atoms with Crippen LogP contribution >= 0.6 is 11.6 Å². The van der Waals surface area contributed by atoms with E-state index in [1.54, 1.807) is 19.9 Å². The number of sulfonamides is 1. The van der Waals surface area contributed by atoms with Crippen LogP contribution in [0.5, 0.6) is 5.75 Å². The van der Waals surface area contributed by atoms with E-state index in [-0.39, 0.29) is 32.4 Å². The predicted octanol–water partition coefficient (Wildman–Crippen LogP) is 6.18. The molecule has 56 heavy (non-hydrogen) atoms. The molecule has 3 N–H and O–H groups in total. The first-order valence-corrected chi connectivity index (χ1v) is 22.0. The summed E-state index contributed by atoms with van der Waals surface area (Å²) in [5.41, 5.74) is -0.237. The van der Waals surface area contributed by atoms with Gasteiger partial charge >= 0.3 is 6.09 Å². The number of unbranched alkanes of at least 4 members (excludes halogenated alkanes) is 3. The van der Waals surface area contributed by atoms with E-state index in [1.807, 2.05) is 31.2 Å². The van der Waals surface area contributed by atoms with E-state index in [4.69, 9.17) is 26.1 Å². The number of amides is 4. The zero-order valence-corrected chi connectivity index (χ0v) is 34.6. The minimum absolute atomic E-state index is 0.0323. The van der Waals surface area contributed by atoms with Crippen LogP contribution < -0.4 is 20.1 Å². The highest BCUT2D eigenvalue weighted by molar-refractivity contribution is 7.91. The fourth-order valence-electron chi connectivity index (χ4n) is 7.89. The number of nitrogens with one attached hydrogen (secondary N) is 3. The smallest absolute Gasteiger partial charge is 0.407 e. The Hall–Kier alpha value is -3.91. The number of likely N-dealkylation sites (tertiary alicyclic amines) is 1. The van der Waals surface area contributed by atoms with Crippen molar-refractivity contribution < 1.29 is 37.1 Å². The fraction of sp³-hybridized carbons (Fsp3) is 0.634. The minimum Gasteiger partial charge on any atom is -0.483 e. The number of alkyl carbamates (subject to hydrolysis) is 1. The standard InChI is InChI=1S/C41H56ClN5O8S/c1-5-7-8-9-10-11-18-41(6-2,37(50)46-56(52,53)39(4)20-21-39)45-36(49)33-23-40(26-47(33)34(48)24-43-38(51)54-25-28-13-12-14-28)19-17-30-31-22-29(42)15-16-32(31)44-27(3)35(30)55-40/h10-11,15-16,22,28,33H,5-9,12-14,17-21,23-26H2,1-4H3,(H,43,51)(H,45,49)(H,46,50). The van der Waals surface area contributed by atoms with E-state index in [0.29, 0.717) is 48.1 Å². The third-order valence-electron chi connectivity index (χ3n) is 12.2. The number of carbonyl (C=O) groups is 4. The van der Waals surface area contributed by atoms with Crippen molar-refractivity contribution >= 4 is 56.3 Å². The molecular weight excluding hydrogens is 758 g/mol. The summed E-state index contributed by atoms with van der Waals surface area (Å²) in [5.74, 6) is -1.07. The first kappa shape index (κ1) is 41.7. The number of aromatic nitrogens is 1. The highest BCUT2D eigenvalue weighted by Gasteiger charge is 2.55. The molecule has 0 radical (unpaired) electrons. The number of benzene rings is 1. The Morgan fingerprint density at radius 3 is 2.57 bits per heavy atom. The van der Waals surface area contributed by atoms with Crippen molar-refractivity contribution in [3.63, 3.8) is 0 Å². The summed E-state index contributed by atoms with van der Waals surface area (Å²) in [6, 6.07) is 4.40. The molecule has 4 aliphatic rings. The van der Waals surface area contributed by atoms with Crippen LogP contribution in [0.1, 0.15) is 115 Å². The van der Waals surface area contributed by atoms with Gasteiger partial charge in [0, 0.05) is 22.4 Å². The molecule has 3 unspecified atom stereocenters. The summed E-state index contributed by atoms with van der Waals surface area (Å²) < 4.78 is 40.0. The second-order valence-corrected chi connectivity index (χ2v) is 19.1. The lowest BCUT2D eigenvalue weighted by Gasteiger charge is -2.36. The fourth-order valence-corrected chi connectivity index (χ4v) is 9.39. The summed E-state index contributed by atoms with van der Waals surface area (Å²) in [4.78, 5) is 61.5. The number of hydrogen-bond donors (Lipinski definition) is 3. The van der Waals surface area contributed by atoms with Gasteiger partial charge in [0.15, 0.2) is 0 Å². The lowest BCUT2D eigenvalue weighted by atomic mass is 9.86. The second kappa shape index (κ2) is 16.9. The Morgan fingerprint density at radius 2 is 1.89 bits per heavy atom. The summed E-state index contributed by atoms with van der Waals surface area (Å²) in [6.07, 6.45) is 12.1. The maximum atomic E-state index is 14.6. The van der Waals surface area contributed by atoms with Crippen molar-refractivity contribution in [3.8, 4) is 5.75 Å². The Morgan fingerprint density at radius 1 is 1.12 bits per heavy atom. The van der Waals surface area contributed by atoms with Crippen LogP contribution in [0.3, 0.4) is 0 Å². The number of ether oxygens (including phenoxy) is 2. The van der Waals surface area contributed by atoms with Gasteiger partial charge in [0.2, 0.25) is 21.8 Å². The van der Waals surface area contributed by atoms with Gasteiger partial charge < -0.3 is 25.0 Å². The Labute approximate surface area is 335 Å². The average molecular weight is 814 g/mol. The number of aryl methyl sites for hydroxylation is 2. The van der Waals surface area contributed by atoms with Crippen molar-refractivity contribution in [1.82, 2.24) is 25.2 Å². The molecule has 2 aliphatic heterocycles. The Kier molecular flexibility index (Phi) is 12.6. The quantitative estimate of drug-likeness (QED) is 0.132. The van der Waals surface area contributed by atoms with Crippen LogP contribution in [0.15, 0.2) is 30.4 Å². The third-order valence-corrected chi connectivity index (χ3v) is 14.6. The molecule has 15 heteroatoms. The molecule has 1 saturated heterocycles. The Bertz CT molecular complexity index is 1980. The molecule has 2 saturated carbocycles. The van der Waals surface area contributed by atoms with Crippen molar-refractivity contribution in [2.24, 2.45) is 5.92 Å². The SMILES string of the molecule is CCCCCC=CCC(CC)(NC(=O)C1CC2(CCc3c(c(C)nc4ccc(Cl)cc34)O2)CN1C(=O)CNC(=O)OCC1CCC1)C(=O)NS(=O)(=O)C1(C)CC1. The van der Waals surface area contributed by atoms with E-state index in [0.717, 1.165) is 61.4 Å². The highest BCUT2D eigenvalue weighted by atomic mass is 35.5. The molecule has 1 aromatic heterocycles. The van der Waals surface area contributed by atoms with Gasteiger partial charge in [0.05, 0.1) is 29.1 Å². The predicted molar refractivity (Wildman–Crippen MR) is 214 cm³/mol. The third kappa shape index (κ3) is 8.96. The number of hydrogen-bond acceptors (Lipinski definition) is 9. The monoisotopic (exact) mass is 813 g/mol. The maximum absolute atomic E-state index is 14.6. The lowest BCUT2D eigenvalue weighted by Crippen LogP contribution is -2.63. The highest BCUT2D eigenvalue weighted by Crippen LogP contribution is 2.45. The number of halogens is 1. The molecule has 2 aliphatic carbocycles. The van der Waals surface area contributed by atoms with E-state index >= 15 is 0 Å². The number of fused-ring (bicyclic) bond motifs is 3. The molecular formula is C41H56ClN5O8S. The molecule has 4 amide bonds. The molecule has 6 rings (SSSR count). The van der Waals surface area contributed by atoms with E-state index in [9.17, 15) is 27.6 Å². The largest absolute Gasteiger partial charge is 0.483 e. The Balaban J connectivity index is 1.27. The molecule has 3 atom stereocenters. The number of carbonyl (C=O) groups excluding carboxylic acids is 4. The van der Waals surface area contributed by atoms with Crippen LogP contribution in [0.4, 0.5) is 4.79 Å². The van der Waals surface area contributed by atoms with Crippen LogP contribution in [0.25, 0.3) is 10.9 Å². The molecule has 1 aromatic carbocycles. The first-order chi connectivity index (χ1) is 26.6. The number of pyridine rings is 1. The molecule has 0 bridgehead atoms. The van der Waals surface area contributed by atoms with E-state index < -0.39 is 62.3 Å². The van der Waals surface area contributed by atoms with Gasteiger partial charge in [0.1, 0.15) is 29.5 Å². The zero-order valence-electron chi connectivity index (χ0n) is 33.0. The van der Waals surface area contributed by atoms with Gasteiger partial charge in [-0.3, -0.25) is 19.1 Å². The molecule has 3 fully saturated rings. The van der Waals surface area contributed by atoms with Crippen LogP contribution in [-0.4, -0.2) is 83.7 Å². The average Bonchev–Trinajstić information content (AvgIpc) is 3.81. The number of nitrogens with zero attached hydrogens (tertiary/aromatic N) is 2. The molecule has 13 nitrogen and oxygen atoms in total. The van der Waals surface area contributed by atoms with Crippen molar-refractivity contribution in [2.75, 3.05) is 19.7 Å². The van der Waals surface area contributed by atoms with Crippen LogP contribution in [0, 0.1) is 12.8 Å². The summed E-state index contributed by atoms with van der Waals surface area (Å²) in [5, 5.41) is 6.93. The summed E-state index contributed by atoms with van der Waals surface area (Å²) in [6.45, 7) is 7.18. The van der Waals surface area contributed by atoms with E-state index in [1.165, 1.54) is 4.90 Å². The first-order valence-electron chi connectivity index (χ1n) is 20.2. The van der Waals surface area contributed by atoms with Crippen LogP contribution in [0.2, 0.25) is 5.02 Å². The van der Waals surface area contributed by atoms with Crippen molar-refractivity contribution in [1.29, 1.82) is 0 Å². The zero-order chi connectivity index (χ0) is 40.3. The number of allylic oxidation sites excluding steroid dienone is 1. The molecule has 1 spiro atoms. The van der Waals surface area contributed by atoms with Gasteiger partial charge in [-0.2, -0.15) is 0 Å². The summed E-state index contributed by atoms with van der Waals surface area (Å²) in [7, 11) is -4.02. The normalized spacial score (nSPS) is 22.5. The van der Waals surface area contributed by atoms with Gasteiger partial charge in [-0.15, -0.1) is 0 Å².